The number of nitrogens with one attached hydrogen (secondary N) is 1. The first kappa shape index (κ1) is 20.9. The zero-order valence-corrected chi connectivity index (χ0v) is 16.7. The Morgan fingerprint density at radius 1 is 1.30 bits per heavy atom. The van der Waals surface area contributed by atoms with Crippen LogP contribution in [0.5, 0.6) is 0 Å². The molecule has 1 aromatic heterocycles. The van der Waals surface area contributed by atoms with E-state index in [0.717, 1.165) is 0 Å². The second-order valence-electron chi connectivity index (χ2n) is 6.26. The van der Waals surface area contributed by atoms with Gasteiger partial charge in [0.1, 0.15) is 5.82 Å². The van der Waals surface area contributed by atoms with Crippen molar-refractivity contribution in [2.45, 2.75) is 32.0 Å². The molecule has 0 bridgehead atoms. The van der Waals surface area contributed by atoms with Gasteiger partial charge in [-0.15, -0.1) is 10.2 Å². The molecule has 1 heterocycles. The fourth-order valence-electron chi connectivity index (χ4n) is 2.45. The van der Waals surface area contributed by atoms with Gasteiger partial charge < -0.3 is 14.8 Å². The first-order valence-electron chi connectivity index (χ1n) is 8.67. The van der Waals surface area contributed by atoms with E-state index in [9.17, 15) is 14.0 Å². The summed E-state index contributed by atoms with van der Waals surface area (Å²) >= 11 is 1.21. The molecule has 146 valence electrons. The quantitative estimate of drug-likeness (QED) is 0.695. The predicted molar refractivity (Wildman–Crippen MR) is 103 cm³/mol. The van der Waals surface area contributed by atoms with E-state index in [1.165, 1.54) is 22.7 Å². The van der Waals surface area contributed by atoms with Crippen LogP contribution in [0, 0.1) is 5.82 Å². The van der Waals surface area contributed by atoms with Crippen molar-refractivity contribution in [3.8, 4) is 11.4 Å². The van der Waals surface area contributed by atoms with Crippen LogP contribution in [0.25, 0.3) is 11.4 Å². The lowest BCUT2D eigenvalue weighted by atomic mass is 10.2. The van der Waals surface area contributed by atoms with Gasteiger partial charge in [0.05, 0.1) is 17.9 Å². The summed E-state index contributed by atoms with van der Waals surface area (Å²) in [6.07, 6.45) is 0. The van der Waals surface area contributed by atoms with Crippen molar-refractivity contribution >= 4 is 23.6 Å². The Labute approximate surface area is 162 Å². The smallest absolute Gasteiger partial charge is 0.239 e. The van der Waals surface area contributed by atoms with Crippen LogP contribution in [-0.2, 0) is 16.6 Å². The molecule has 0 aliphatic heterocycles. The van der Waals surface area contributed by atoms with Crippen molar-refractivity contribution in [3.63, 3.8) is 0 Å². The van der Waals surface area contributed by atoms with E-state index in [-0.39, 0.29) is 36.0 Å². The molecule has 1 aromatic carbocycles. The zero-order valence-electron chi connectivity index (χ0n) is 15.9. The van der Waals surface area contributed by atoms with Gasteiger partial charge >= 0.3 is 0 Å². The molecule has 0 fully saturated rings. The molecular weight excluding hydrogens is 369 g/mol. The molecule has 0 atom stereocenters. The minimum atomic E-state index is -0.381. The minimum Gasteiger partial charge on any atom is -0.352 e. The van der Waals surface area contributed by atoms with Crippen LogP contribution >= 0.6 is 11.8 Å². The highest BCUT2D eigenvalue weighted by atomic mass is 32.2. The van der Waals surface area contributed by atoms with Gasteiger partial charge in [0.25, 0.3) is 0 Å². The third kappa shape index (κ3) is 5.53. The van der Waals surface area contributed by atoms with E-state index in [0.29, 0.717) is 23.1 Å². The number of nitrogens with zero attached hydrogens (tertiary/aromatic N) is 4. The van der Waals surface area contributed by atoms with Crippen LogP contribution in [0.3, 0.4) is 0 Å². The van der Waals surface area contributed by atoms with Crippen molar-refractivity contribution in [2.75, 3.05) is 18.8 Å². The fourth-order valence-corrected chi connectivity index (χ4v) is 3.27. The number of carbonyl (C=O) groups excluding carboxylic acids is 2. The second-order valence-corrected chi connectivity index (χ2v) is 7.21. The number of likely N-dealkylation sites (N-methyl/N-ethyl adjacent to an activating group) is 1. The van der Waals surface area contributed by atoms with Crippen molar-refractivity contribution in [2.24, 2.45) is 7.05 Å². The maximum atomic E-state index is 14.0. The Morgan fingerprint density at radius 2 is 2.00 bits per heavy atom. The van der Waals surface area contributed by atoms with Gasteiger partial charge in [0.15, 0.2) is 11.0 Å². The number of hydrogen-bond acceptors (Lipinski definition) is 5. The van der Waals surface area contributed by atoms with Crippen molar-refractivity contribution < 1.29 is 14.0 Å². The van der Waals surface area contributed by atoms with Crippen LogP contribution in [0.2, 0.25) is 0 Å². The maximum absolute atomic E-state index is 14.0. The number of aromatic nitrogens is 3. The van der Waals surface area contributed by atoms with Crippen molar-refractivity contribution in [1.82, 2.24) is 25.0 Å². The molecule has 9 heteroatoms. The molecule has 1 N–H and O–H groups in total. The molecule has 0 saturated heterocycles. The van der Waals surface area contributed by atoms with Crippen LogP contribution in [0.1, 0.15) is 20.8 Å². The highest BCUT2D eigenvalue weighted by Gasteiger charge is 2.19. The average molecular weight is 393 g/mol. The zero-order chi connectivity index (χ0) is 20.0. The molecule has 2 rings (SSSR count). The average Bonchev–Trinajstić information content (AvgIpc) is 2.98. The number of benzene rings is 1. The van der Waals surface area contributed by atoms with Crippen LogP contribution < -0.4 is 5.32 Å². The second kappa shape index (κ2) is 9.50. The van der Waals surface area contributed by atoms with E-state index in [4.69, 9.17) is 0 Å². The van der Waals surface area contributed by atoms with Gasteiger partial charge in [0.2, 0.25) is 11.8 Å². The number of hydrogen-bond donors (Lipinski definition) is 1. The first-order valence-corrected chi connectivity index (χ1v) is 9.66. The first-order chi connectivity index (χ1) is 12.8. The number of halogens is 1. The van der Waals surface area contributed by atoms with E-state index in [1.54, 1.807) is 29.8 Å². The molecule has 0 radical (unpaired) electrons. The molecule has 0 unspecified atom stereocenters. The highest BCUT2D eigenvalue weighted by Crippen LogP contribution is 2.24. The molecule has 27 heavy (non-hydrogen) atoms. The molecule has 0 spiro atoms. The van der Waals surface area contributed by atoms with Gasteiger partial charge in [0, 0.05) is 19.6 Å². The lowest BCUT2D eigenvalue weighted by Crippen LogP contribution is -2.43. The van der Waals surface area contributed by atoms with Gasteiger partial charge in [-0.25, -0.2) is 4.39 Å². The summed E-state index contributed by atoms with van der Waals surface area (Å²) in [7, 11) is 1.72. The largest absolute Gasteiger partial charge is 0.352 e. The summed E-state index contributed by atoms with van der Waals surface area (Å²) in [6.45, 7) is 6.02. The maximum Gasteiger partial charge on any atom is 0.239 e. The molecule has 0 aliphatic carbocycles. The number of amides is 2. The summed E-state index contributed by atoms with van der Waals surface area (Å²) in [5.41, 5.74) is 0.353. The Balaban J connectivity index is 2.01. The Bertz CT molecular complexity index is 809. The summed E-state index contributed by atoms with van der Waals surface area (Å²) in [5.74, 6) is -0.227. The van der Waals surface area contributed by atoms with Gasteiger partial charge in [-0.1, -0.05) is 23.9 Å². The molecular formula is C18H24FN5O2S. The fraction of sp³-hybridized carbons (Fsp3) is 0.444. The summed E-state index contributed by atoms with van der Waals surface area (Å²) in [4.78, 5) is 25.8. The number of thioether (sulfide) groups is 1. The highest BCUT2D eigenvalue weighted by molar-refractivity contribution is 7.99. The lowest BCUT2D eigenvalue weighted by Gasteiger charge is -2.20. The van der Waals surface area contributed by atoms with E-state index in [2.05, 4.69) is 15.5 Å². The van der Waals surface area contributed by atoms with Crippen LogP contribution in [0.15, 0.2) is 29.4 Å². The Kier molecular flexibility index (Phi) is 7.35. The standard InChI is InChI=1S/C18H24FN5O2S/c1-5-24(10-15(25)20-12(2)3)16(26)11-27-18-22-21-17(23(18)4)13-8-6-7-9-14(13)19/h6-9,12H,5,10-11H2,1-4H3,(H,20,25). The summed E-state index contributed by atoms with van der Waals surface area (Å²) in [6, 6.07) is 6.35. The normalized spacial score (nSPS) is 10.9. The molecule has 7 nitrogen and oxygen atoms in total. The van der Waals surface area contributed by atoms with E-state index >= 15 is 0 Å². The van der Waals surface area contributed by atoms with Crippen LogP contribution in [0.4, 0.5) is 4.39 Å². The lowest BCUT2D eigenvalue weighted by molar-refractivity contribution is -0.134. The molecule has 0 aliphatic rings. The van der Waals surface area contributed by atoms with Gasteiger partial charge in [-0.3, -0.25) is 9.59 Å². The number of rotatable bonds is 8. The molecule has 2 amide bonds. The minimum absolute atomic E-state index is 0.0212. The monoisotopic (exact) mass is 393 g/mol. The summed E-state index contributed by atoms with van der Waals surface area (Å²) in [5, 5.41) is 11.4. The molecule has 0 saturated carbocycles. The third-order valence-electron chi connectivity index (χ3n) is 3.79. The number of carbonyl (C=O) groups is 2. The summed E-state index contributed by atoms with van der Waals surface area (Å²) < 4.78 is 15.6. The predicted octanol–water partition coefficient (Wildman–Crippen LogP) is 2.09. The van der Waals surface area contributed by atoms with Gasteiger partial charge in [-0.05, 0) is 32.9 Å². The van der Waals surface area contributed by atoms with E-state index < -0.39 is 0 Å². The SMILES string of the molecule is CCN(CC(=O)NC(C)C)C(=O)CSc1nnc(-c2ccccc2F)n1C. The van der Waals surface area contributed by atoms with Crippen molar-refractivity contribution in [1.29, 1.82) is 0 Å². The van der Waals surface area contributed by atoms with E-state index in [1.807, 2.05) is 20.8 Å². The molecule has 2 aromatic rings. The third-order valence-corrected chi connectivity index (χ3v) is 4.80. The Hall–Kier alpha value is -2.42. The topological polar surface area (TPSA) is 80.1 Å². The Morgan fingerprint density at radius 3 is 2.63 bits per heavy atom. The van der Waals surface area contributed by atoms with Crippen molar-refractivity contribution in [3.05, 3.63) is 30.1 Å². The van der Waals surface area contributed by atoms with Gasteiger partial charge in [-0.2, -0.15) is 0 Å². The van der Waals surface area contributed by atoms with Crippen LogP contribution in [-0.4, -0.2) is 56.4 Å².